The number of hydrogen-bond donors (Lipinski definition) is 1. The number of hydrazine groups is 1. The number of ether oxygens (including phenoxy) is 1. The highest BCUT2D eigenvalue weighted by molar-refractivity contribution is 5.96. The lowest BCUT2D eigenvalue weighted by Crippen LogP contribution is -2.26. The minimum Gasteiger partial charge on any atom is -0.475 e. The van der Waals surface area contributed by atoms with Crippen molar-refractivity contribution in [3.8, 4) is 0 Å². The van der Waals surface area contributed by atoms with E-state index in [4.69, 9.17) is 15.0 Å². The zero-order valence-corrected chi connectivity index (χ0v) is 16.6. The third-order valence-electron chi connectivity index (χ3n) is 4.37. The number of oxazole rings is 1. The Morgan fingerprint density at radius 1 is 1.18 bits per heavy atom. The van der Waals surface area contributed by atoms with E-state index in [0.717, 1.165) is 27.9 Å². The molecule has 0 unspecified atom stereocenters. The second-order valence-corrected chi connectivity index (χ2v) is 6.49. The van der Waals surface area contributed by atoms with Crippen molar-refractivity contribution >= 4 is 28.4 Å². The molecule has 0 aliphatic heterocycles. The molecule has 0 aliphatic rings. The van der Waals surface area contributed by atoms with E-state index >= 15 is 0 Å². The summed E-state index contributed by atoms with van der Waals surface area (Å²) in [6.07, 6.45) is 0.615. The second kappa shape index (κ2) is 8.67. The molecular formula is C21H25N5O2. The van der Waals surface area contributed by atoms with Crippen LogP contribution in [-0.2, 0) is 11.3 Å². The summed E-state index contributed by atoms with van der Waals surface area (Å²) in [5, 5.41) is 10.1. The Morgan fingerprint density at radius 3 is 2.68 bits per heavy atom. The highest BCUT2D eigenvalue weighted by Crippen LogP contribution is 2.22. The van der Waals surface area contributed by atoms with Crippen LogP contribution >= 0.6 is 0 Å². The maximum Gasteiger partial charge on any atom is 0.243 e. The van der Waals surface area contributed by atoms with Gasteiger partial charge in [0, 0.05) is 19.0 Å². The second-order valence-electron chi connectivity index (χ2n) is 6.49. The summed E-state index contributed by atoms with van der Waals surface area (Å²) in [5.41, 5.74) is 5.15. The van der Waals surface area contributed by atoms with Crippen molar-refractivity contribution in [1.29, 1.82) is 0 Å². The van der Waals surface area contributed by atoms with Gasteiger partial charge >= 0.3 is 0 Å². The van der Waals surface area contributed by atoms with Crippen molar-refractivity contribution in [3.63, 3.8) is 0 Å². The first-order valence-electron chi connectivity index (χ1n) is 9.16. The molecule has 0 amide bonds. The first-order valence-corrected chi connectivity index (χ1v) is 9.16. The van der Waals surface area contributed by atoms with Crippen molar-refractivity contribution in [3.05, 3.63) is 59.5 Å². The van der Waals surface area contributed by atoms with Crippen LogP contribution in [0.5, 0.6) is 0 Å². The van der Waals surface area contributed by atoms with Crippen LogP contribution < -0.4 is 10.9 Å². The Labute approximate surface area is 164 Å². The van der Waals surface area contributed by atoms with Crippen molar-refractivity contribution < 1.29 is 9.15 Å². The zero-order chi connectivity index (χ0) is 20.1. The van der Waals surface area contributed by atoms with Gasteiger partial charge in [-0.15, -0.1) is 10.2 Å². The molecule has 0 bridgehead atoms. The lowest BCUT2D eigenvalue weighted by molar-refractivity contribution is 0.283. The van der Waals surface area contributed by atoms with Crippen LogP contribution in [0.4, 0.5) is 5.69 Å². The Bertz CT molecular complexity index is 988. The molecular weight excluding hydrogens is 354 g/mol. The van der Waals surface area contributed by atoms with E-state index in [1.165, 1.54) is 0 Å². The minimum atomic E-state index is 0.369. The molecule has 7 heteroatoms. The molecule has 0 saturated heterocycles. The number of para-hydroxylation sites is 2. The first kappa shape index (κ1) is 19.6. The quantitative estimate of drug-likeness (QED) is 0.300. The molecule has 2 N–H and O–H groups in total. The SMILES string of the molecule is CCC(=NN=C(C)c1nc2ccccc2o1)OCc1c(C)cccc1N(C)N. The number of rotatable bonds is 6. The lowest BCUT2D eigenvalue weighted by atomic mass is 10.1. The lowest BCUT2D eigenvalue weighted by Gasteiger charge is -2.19. The van der Waals surface area contributed by atoms with Crippen LogP contribution in [0, 0.1) is 6.92 Å². The average molecular weight is 379 g/mol. The number of anilines is 1. The predicted molar refractivity (Wildman–Crippen MR) is 113 cm³/mol. The smallest absolute Gasteiger partial charge is 0.243 e. The van der Waals surface area contributed by atoms with Crippen LogP contribution in [0.25, 0.3) is 11.1 Å². The molecule has 7 nitrogen and oxygen atoms in total. The summed E-state index contributed by atoms with van der Waals surface area (Å²) in [5.74, 6) is 6.91. The van der Waals surface area contributed by atoms with E-state index < -0.39 is 0 Å². The molecule has 0 radical (unpaired) electrons. The van der Waals surface area contributed by atoms with Gasteiger partial charge in [-0.2, -0.15) is 0 Å². The standard InChI is InChI=1S/C21H25N5O2/c1-5-20(27-13-16-14(2)9-8-11-18(16)26(4)22)25-24-15(3)21-23-17-10-6-7-12-19(17)28-21/h6-12H,5,13,22H2,1-4H3. The molecule has 0 aliphatic carbocycles. The maximum absolute atomic E-state index is 5.93. The number of benzene rings is 2. The van der Waals surface area contributed by atoms with Gasteiger partial charge in [0.15, 0.2) is 5.58 Å². The molecule has 1 heterocycles. The number of aryl methyl sites for hydroxylation is 1. The molecule has 2 aromatic carbocycles. The molecule has 146 valence electrons. The molecule has 0 fully saturated rings. The topological polar surface area (TPSA) is 89.2 Å². The van der Waals surface area contributed by atoms with Crippen LogP contribution in [0.15, 0.2) is 57.1 Å². The average Bonchev–Trinajstić information content (AvgIpc) is 3.13. The van der Waals surface area contributed by atoms with Gasteiger partial charge in [0.05, 0.1) is 5.69 Å². The molecule has 28 heavy (non-hydrogen) atoms. The first-order chi connectivity index (χ1) is 13.5. The van der Waals surface area contributed by atoms with E-state index in [0.29, 0.717) is 30.5 Å². The zero-order valence-electron chi connectivity index (χ0n) is 16.6. The van der Waals surface area contributed by atoms with Crippen LogP contribution in [0.3, 0.4) is 0 Å². The van der Waals surface area contributed by atoms with Crippen LogP contribution in [-0.4, -0.2) is 23.6 Å². The van der Waals surface area contributed by atoms with Gasteiger partial charge in [-0.25, -0.2) is 10.8 Å². The van der Waals surface area contributed by atoms with Gasteiger partial charge in [-0.3, -0.25) is 0 Å². The summed E-state index contributed by atoms with van der Waals surface area (Å²) < 4.78 is 11.6. The van der Waals surface area contributed by atoms with E-state index in [-0.39, 0.29) is 0 Å². The normalized spacial score (nSPS) is 12.5. The Morgan fingerprint density at radius 2 is 1.96 bits per heavy atom. The summed E-state index contributed by atoms with van der Waals surface area (Å²) in [6, 6.07) is 13.6. The summed E-state index contributed by atoms with van der Waals surface area (Å²) in [4.78, 5) is 4.43. The third kappa shape index (κ3) is 4.37. The van der Waals surface area contributed by atoms with Gasteiger partial charge in [0.25, 0.3) is 0 Å². The summed E-state index contributed by atoms with van der Waals surface area (Å²) in [6.45, 7) is 6.18. The fourth-order valence-electron chi connectivity index (χ4n) is 2.76. The van der Waals surface area contributed by atoms with E-state index in [1.807, 2.05) is 63.2 Å². The molecule has 0 spiro atoms. The van der Waals surface area contributed by atoms with Crippen molar-refractivity contribution in [2.24, 2.45) is 16.0 Å². The highest BCUT2D eigenvalue weighted by Gasteiger charge is 2.11. The Hall–Kier alpha value is -3.19. The van der Waals surface area contributed by atoms with Crippen LogP contribution in [0.2, 0.25) is 0 Å². The number of aromatic nitrogens is 1. The van der Waals surface area contributed by atoms with E-state index in [2.05, 4.69) is 15.2 Å². The van der Waals surface area contributed by atoms with Crippen molar-refractivity contribution in [2.45, 2.75) is 33.8 Å². The van der Waals surface area contributed by atoms with Gasteiger partial charge in [0.2, 0.25) is 11.8 Å². The monoisotopic (exact) mass is 379 g/mol. The van der Waals surface area contributed by atoms with E-state index in [9.17, 15) is 0 Å². The molecule has 0 saturated carbocycles. The van der Waals surface area contributed by atoms with Crippen LogP contribution in [0.1, 0.15) is 37.3 Å². The number of fused-ring (bicyclic) bond motifs is 1. The third-order valence-corrected chi connectivity index (χ3v) is 4.37. The van der Waals surface area contributed by atoms with Gasteiger partial charge in [0.1, 0.15) is 17.8 Å². The van der Waals surface area contributed by atoms with E-state index in [1.54, 1.807) is 12.1 Å². The summed E-state index contributed by atoms with van der Waals surface area (Å²) in [7, 11) is 1.81. The molecule has 3 rings (SSSR count). The Balaban J connectivity index is 1.76. The van der Waals surface area contributed by atoms with Crippen molar-refractivity contribution in [1.82, 2.24) is 4.98 Å². The molecule has 0 atom stereocenters. The Kier molecular flexibility index (Phi) is 6.06. The van der Waals surface area contributed by atoms with Crippen molar-refractivity contribution in [2.75, 3.05) is 12.1 Å². The maximum atomic E-state index is 5.93. The highest BCUT2D eigenvalue weighted by atomic mass is 16.5. The number of nitrogens with zero attached hydrogens (tertiary/aromatic N) is 4. The summed E-state index contributed by atoms with van der Waals surface area (Å²) >= 11 is 0. The number of nitrogens with two attached hydrogens (primary N) is 1. The molecule has 1 aromatic heterocycles. The van der Waals surface area contributed by atoms with Gasteiger partial charge in [-0.1, -0.05) is 31.2 Å². The fourth-order valence-corrected chi connectivity index (χ4v) is 2.76. The van der Waals surface area contributed by atoms with Gasteiger partial charge < -0.3 is 14.2 Å². The predicted octanol–water partition coefficient (Wildman–Crippen LogP) is 4.20. The van der Waals surface area contributed by atoms with Gasteiger partial charge in [-0.05, 0) is 37.6 Å². The minimum absolute atomic E-state index is 0.369. The molecule has 3 aromatic rings. The number of hydrogen-bond acceptors (Lipinski definition) is 7. The largest absolute Gasteiger partial charge is 0.475 e. The fraction of sp³-hybridized carbons (Fsp3) is 0.286.